The van der Waals surface area contributed by atoms with Crippen LogP contribution in [-0.4, -0.2) is 10.9 Å². The maximum atomic E-state index is 13.8. The first-order chi connectivity index (χ1) is 9.95. The van der Waals surface area contributed by atoms with Crippen LogP contribution in [0.15, 0.2) is 42.5 Å². The molecule has 0 unspecified atom stereocenters. The third-order valence-corrected chi connectivity index (χ3v) is 3.25. The number of nitrogens with one attached hydrogen (secondary N) is 1. The lowest BCUT2D eigenvalue weighted by Crippen LogP contribution is -2.16. The standard InChI is InChI=1S/C16H15FN2OS/c1-10-2-4-11(5-3-10)8-15(20)19-14-7-6-12(16(18)21)9-13(14)17/h2-7,9H,8H2,1H3,(H2,18,21)(H,19,20). The Morgan fingerprint density at radius 2 is 1.90 bits per heavy atom. The minimum Gasteiger partial charge on any atom is -0.389 e. The van der Waals surface area contributed by atoms with Crippen LogP contribution in [0.25, 0.3) is 0 Å². The van der Waals surface area contributed by atoms with Crippen LogP contribution in [0.3, 0.4) is 0 Å². The fourth-order valence-electron chi connectivity index (χ4n) is 1.86. The van der Waals surface area contributed by atoms with Gasteiger partial charge in [-0.25, -0.2) is 4.39 Å². The SMILES string of the molecule is Cc1ccc(CC(=O)Nc2ccc(C(N)=S)cc2F)cc1. The minimum absolute atomic E-state index is 0.117. The molecule has 0 aliphatic carbocycles. The number of amides is 1. The zero-order valence-electron chi connectivity index (χ0n) is 11.5. The van der Waals surface area contributed by atoms with Gasteiger partial charge in [0.15, 0.2) is 0 Å². The molecule has 0 aliphatic rings. The lowest BCUT2D eigenvalue weighted by Gasteiger charge is -2.08. The quantitative estimate of drug-likeness (QED) is 0.854. The predicted octanol–water partition coefficient (Wildman–Crippen LogP) is 2.95. The van der Waals surface area contributed by atoms with Crippen LogP contribution in [0, 0.1) is 12.7 Å². The summed E-state index contributed by atoms with van der Waals surface area (Å²) in [6.07, 6.45) is 0.191. The topological polar surface area (TPSA) is 55.1 Å². The molecule has 0 aliphatic heterocycles. The monoisotopic (exact) mass is 302 g/mol. The Labute approximate surface area is 128 Å². The van der Waals surface area contributed by atoms with Gasteiger partial charge in [0.1, 0.15) is 10.8 Å². The van der Waals surface area contributed by atoms with Gasteiger partial charge >= 0.3 is 0 Å². The van der Waals surface area contributed by atoms with E-state index in [-0.39, 0.29) is 23.0 Å². The average Bonchev–Trinajstić information content (AvgIpc) is 2.43. The first-order valence-corrected chi connectivity index (χ1v) is 6.81. The van der Waals surface area contributed by atoms with E-state index in [0.717, 1.165) is 11.1 Å². The van der Waals surface area contributed by atoms with Crippen LogP contribution in [0.5, 0.6) is 0 Å². The molecule has 21 heavy (non-hydrogen) atoms. The molecule has 0 atom stereocenters. The Kier molecular flexibility index (Phi) is 4.65. The van der Waals surface area contributed by atoms with Crippen molar-refractivity contribution in [3.05, 3.63) is 65.0 Å². The van der Waals surface area contributed by atoms with Gasteiger partial charge in [-0.1, -0.05) is 42.0 Å². The summed E-state index contributed by atoms with van der Waals surface area (Å²) in [7, 11) is 0. The summed E-state index contributed by atoms with van der Waals surface area (Å²) in [6, 6.07) is 11.9. The Morgan fingerprint density at radius 1 is 1.24 bits per heavy atom. The smallest absolute Gasteiger partial charge is 0.228 e. The highest BCUT2D eigenvalue weighted by Gasteiger charge is 2.09. The van der Waals surface area contributed by atoms with Crippen molar-refractivity contribution < 1.29 is 9.18 Å². The zero-order valence-corrected chi connectivity index (χ0v) is 12.3. The van der Waals surface area contributed by atoms with E-state index in [1.807, 2.05) is 31.2 Å². The first-order valence-electron chi connectivity index (χ1n) is 6.40. The van der Waals surface area contributed by atoms with E-state index in [1.54, 1.807) is 6.07 Å². The van der Waals surface area contributed by atoms with Crippen molar-refractivity contribution in [1.82, 2.24) is 0 Å². The fraction of sp³-hybridized carbons (Fsp3) is 0.125. The van der Waals surface area contributed by atoms with Gasteiger partial charge in [-0.3, -0.25) is 4.79 Å². The molecule has 0 heterocycles. The molecule has 3 nitrogen and oxygen atoms in total. The Balaban J connectivity index is 2.06. The van der Waals surface area contributed by atoms with Crippen LogP contribution < -0.4 is 11.1 Å². The normalized spacial score (nSPS) is 10.2. The molecule has 108 valence electrons. The van der Waals surface area contributed by atoms with Gasteiger partial charge < -0.3 is 11.1 Å². The van der Waals surface area contributed by atoms with Crippen LogP contribution >= 0.6 is 12.2 Å². The lowest BCUT2D eigenvalue weighted by atomic mass is 10.1. The third-order valence-electron chi connectivity index (χ3n) is 3.01. The van der Waals surface area contributed by atoms with E-state index < -0.39 is 5.82 Å². The molecule has 0 aromatic heterocycles. The summed E-state index contributed by atoms with van der Waals surface area (Å²) in [5, 5.41) is 2.54. The van der Waals surface area contributed by atoms with E-state index in [1.165, 1.54) is 12.1 Å². The van der Waals surface area contributed by atoms with Gasteiger partial charge in [-0.15, -0.1) is 0 Å². The number of thiocarbonyl (C=S) groups is 1. The van der Waals surface area contributed by atoms with E-state index in [9.17, 15) is 9.18 Å². The fourth-order valence-corrected chi connectivity index (χ4v) is 1.98. The number of carbonyl (C=O) groups excluding carboxylic acids is 1. The van der Waals surface area contributed by atoms with E-state index >= 15 is 0 Å². The summed E-state index contributed by atoms with van der Waals surface area (Å²) < 4.78 is 13.8. The summed E-state index contributed by atoms with van der Waals surface area (Å²) in [5.41, 5.74) is 7.97. The lowest BCUT2D eigenvalue weighted by molar-refractivity contribution is -0.115. The Hall–Kier alpha value is -2.27. The molecule has 0 spiro atoms. The number of nitrogens with two attached hydrogens (primary N) is 1. The Morgan fingerprint density at radius 3 is 2.48 bits per heavy atom. The van der Waals surface area contributed by atoms with Gasteiger partial charge in [-0.05, 0) is 30.7 Å². The van der Waals surface area contributed by atoms with Crippen molar-refractivity contribution in [3.63, 3.8) is 0 Å². The molecular formula is C16H15FN2OS. The molecule has 2 aromatic carbocycles. The summed E-state index contributed by atoms with van der Waals surface area (Å²) in [6.45, 7) is 1.97. The van der Waals surface area contributed by atoms with Gasteiger partial charge in [0, 0.05) is 5.56 Å². The number of aryl methyl sites for hydroxylation is 1. The predicted molar refractivity (Wildman–Crippen MR) is 85.8 cm³/mol. The molecule has 3 N–H and O–H groups in total. The first kappa shape index (κ1) is 15.1. The van der Waals surface area contributed by atoms with Gasteiger partial charge in [0.25, 0.3) is 0 Å². The van der Waals surface area contributed by atoms with Gasteiger partial charge in [0.05, 0.1) is 12.1 Å². The second kappa shape index (κ2) is 6.45. The average molecular weight is 302 g/mol. The Bertz CT molecular complexity index is 683. The third kappa shape index (κ3) is 4.10. The maximum Gasteiger partial charge on any atom is 0.228 e. The molecule has 0 fully saturated rings. The van der Waals surface area contributed by atoms with E-state index in [4.69, 9.17) is 18.0 Å². The van der Waals surface area contributed by atoms with Crippen LogP contribution in [0.4, 0.5) is 10.1 Å². The number of rotatable bonds is 4. The molecule has 1 amide bonds. The summed E-state index contributed by atoms with van der Waals surface area (Å²) in [5.74, 6) is -0.835. The molecule has 0 radical (unpaired) electrons. The highest BCUT2D eigenvalue weighted by molar-refractivity contribution is 7.80. The van der Waals surface area contributed by atoms with Crippen molar-refractivity contribution in [1.29, 1.82) is 0 Å². The van der Waals surface area contributed by atoms with Gasteiger partial charge in [-0.2, -0.15) is 0 Å². The molecular weight excluding hydrogens is 287 g/mol. The van der Waals surface area contributed by atoms with Crippen LogP contribution in [-0.2, 0) is 11.2 Å². The second-order valence-electron chi connectivity index (χ2n) is 4.77. The van der Waals surface area contributed by atoms with E-state index in [2.05, 4.69) is 5.32 Å². The maximum absolute atomic E-state index is 13.8. The van der Waals surface area contributed by atoms with Crippen LogP contribution in [0.2, 0.25) is 0 Å². The van der Waals surface area contributed by atoms with Gasteiger partial charge in [0.2, 0.25) is 5.91 Å². The highest BCUT2D eigenvalue weighted by atomic mass is 32.1. The number of benzene rings is 2. The zero-order chi connectivity index (χ0) is 15.4. The summed E-state index contributed by atoms with van der Waals surface area (Å²) >= 11 is 4.77. The highest BCUT2D eigenvalue weighted by Crippen LogP contribution is 2.16. The van der Waals surface area contributed by atoms with Crippen molar-refractivity contribution in [2.45, 2.75) is 13.3 Å². The number of hydrogen-bond acceptors (Lipinski definition) is 2. The molecule has 0 saturated carbocycles. The molecule has 5 heteroatoms. The summed E-state index contributed by atoms with van der Waals surface area (Å²) in [4.78, 5) is 12.0. The largest absolute Gasteiger partial charge is 0.389 e. The number of hydrogen-bond donors (Lipinski definition) is 2. The van der Waals surface area contributed by atoms with Crippen molar-refractivity contribution in [2.24, 2.45) is 5.73 Å². The number of carbonyl (C=O) groups is 1. The van der Waals surface area contributed by atoms with E-state index in [0.29, 0.717) is 5.56 Å². The second-order valence-corrected chi connectivity index (χ2v) is 5.21. The molecule has 0 saturated heterocycles. The van der Waals surface area contributed by atoms with Crippen molar-refractivity contribution in [3.8, 4) is 0 Å². The van der Waals surface area contributed by atoms with Crippen molar-refractivity contribution >= 4 is 28.8 Å². The molecule has 2 rings (SSSR count). The van der Waals surface area contributed by atoms with Crippen molar-refractivity contribution in [2.75, 3.05) is 5.32 Å². The molecule has 2 aromatic rings. The number of anilines is 1. The van der Waals surface area contributed by atoms with Crippen LogP contribution in [0.1, 0.15) is 16.7 Å². The molecule has 0 bridgehead atoms. The minimum atomic E-state index is -0.558. The number of halogens is 1.